The predicted molar refractivity (Wildman–Crippen MR) is 83.7 cm³/mol. The van der Waals surface area contributed by atoms with Crippen LogP contribution in [0.3, 0.4) is 0 Å². The van der Waals surface area contributed by atoms with Crippen molar-refractivity contribution < 1.29 is 9.72 Å². The highest BCUT2D eigenvalue weighted by Crippen LogP contribution is 2.24. The summed E-state index contributed by atoms with van der Waals surface area (Å²) in [5, 5.41) is 14.1. The first kappa shape index (κ1) is 16.9. The van der Waals surface area contributed by atoms with Gasteiger partial charge < -0.3 is 10.2 Å². The Labute approximate surface area is 125 Å². The molecule has 0 aliphatic heterocycles. The quantitative estimate of drug-likeness (QED) is 0.618. The maximum atomic E-state index is 12.6. The molecule has 1 N–H and O–H groups in total. The maximum Gasteiger partial charge on any atom is 0.270 e. The molecule has 0 saturated carbocycles. The van der Waals surface area contributed by atoms with Crippen LogP contribution in [-0.4, -0.2) is 34.9 Å². The largest absolute Gasteiger partial charge is 0.384 e. The topological polar surface area (TPSA) is 75.5 Å². The van der Waals surface area contributed by atoms with Crippen LogP contribution in [0.2, 0.25) is 0 Å². The number of non-ortho nitro benzene ring substituents is 1. The number of hydrogen-bond acceptors (Lipinski definition) is 4. The van der Waals surface area contributed by atoms with Gasteiger partial charge in [0, 0.05) is 37.0 Å². The van der Waals surface area contributed by atoms with Gasteiger partial charge in [0.1, 0.15) is 0 Å². The Bertz CT molecular complexity index is 515. The van der Waals surface area contributed by atoms with Crippen molar-refractivity contribution in [2.45, 2.75) is 40.2 Å². The molecule has 6 nitrogen and oxygen atoms in total. The molecule has 1 aromatic carbocycles. The van der Waals surface area contributed by atoms with Gasteiger partial charge >= 0.3 is 0 Å². The third-order valence-electron chi connectivity index (χ3n) is 3.23. The van der Waals surface area contributed by atoms with E-state index < -0.39 is 4.92 Å². The van der Waals surface area contributed by atoms with Gasteiger partial charge in [-0.2, -0.15) is 0 Å². The van der Waals surface area contributed by atoms with Crippen molar-refractivity contribution in [1.82, 2.24) is 4.90 Å². The smallest absolute Gasteiger partial charge is 0.270 e. The highest BCUT2D eigenvalue weighted by atomic mass is 16.6. The van der Waals surface area contributed by atoms with Gasteiger partial charge in [-0.1, -0.05) is 6.92 Å². The number of nitrogens with one attached hydrogen (secondary N) is 1. The molecule has 6 heteroatoms. The molecule has 0 bridgehead atoms. The molecule has 0 spiro atoms. The molecule has 0 unspecified atom stereocenters. The molecule has 0 saturated heterocycles. The second kappa shape index (κ2) is 7.61. The number of amides is 1. The number of anilines is 1. The minimum absolute atomic E-state index is 0.0424. The van der Waals surface area contributed by atoms with Crippen LogP contribution in [0.5, 0.6) is 0 Å². The number of hydrogen-bond donors (Lipinski definition) is 1. The van der Waals surface area contributed by atoms with E-state index in [1.54, 1.807) is 11.0 Å². The van der Waals surface area contributed by atoms with Crippen molar-refractivity contribution in [3.63, 3.8) is 0 Å². The highest BCUT2D eigenvalue weighted by molar-refractivity contribution is 6.00. The molecule has 1 rings (SSSR count). The summed E-state index contributed by atoms with van der Waals surface area (Å²) >= 11 is 0. The molecule has 0 fully saturated rings. The highest BCUT2D eigenvalue weighted by Gasteiger charge is 2.22. The first-order valence-corrected chi connectivity index (χ1v) is 7.25. The molecule has 1 amide bonds. The van der Waals surface area contributed by atoms with Crippen molar-refractivity contribution in [2.75, 3.05) is 18.4 Å². The number of nitro groups is 1. The Kier molecular flexibility index (Phi) is 6.14. The number of nitro benzene ring substituents is 1. The van der Waals surface area contributed by atoms with Crippen molar-refractivity contribution in [1.29, 1.82) is 0 Å². The summed E-state index contributed by atoms with van der Waals surface area (Å²) < 4.78 is 0. The monoisotopic (exact) mass is 293 g/mol. The average molecular weight is 293 g/mol. The fourth-order valence-corrected chi connectivity index (χ4v) is 2.13. The van der Waals surface area contributed by atoms with Crippen LogP contribution < -0.4 is 5.32 Å². The lowest BCUT2D eigenvalue weighted by Gasteiger charge is -2.26. The van der Waals surface area contributed by atoms with Gasteiger partial charge in [0.05, 0.1) is 10.5 Å². The minimum Gasteiger partial charge on any atom is -0.384 e. The van der Waals surface area contributed by atoms with Crippen LogP contribution in [0.1, 0.15) is 44.5 Å². The van der Waals surface area contributed by atoms with Crippen LogP contribution >= 0.6 is 0 Å². The zero-order valence-electron chi connectivity index (χ0n) is 13.0. The number of benzene rings is 1. The standard InChI is InChI=1S/C15H23N3O3/c1-5-9-16-14-8-7-12(18(20)21)10-13(14)15(19)17(6-2)11(3)4/h7-8,10-11,16H,5-6,9H2,1-4H3. The van der Waals surface area contributed by atoms with Crippen molar-refractivity contribution in [2.24, 2.45) is 0 Å². The number of rotatable bonds is 7. The van der Waals surface area contributed by atoms with Crippen LogP contribution in [0, 0.1) is 10.1 Å². The predicted octanol–water partition coefficient (Wildman–Crippen LogP) is 3.29. The molecular weight excluding hydrogens is 270 g/mol. The summed E-state index contributed by atoms with van der Waals surface area (Å²) in [5.74, 6) is -0.185. The molecule has 0 aliphatic carbocycles. The Morgan fingerprint density at radius 3 is 2.52 bits per heavy atom. The van der Waals surface area contributed by atoms with E-state index in [2.05, 4.69) is 5.32 Å². The van der Waals surface area contributed by atoms with E-state index in [9.17, 15) is 14.9 Å². The van der Waals surface area contributed by atoms with E-state index in [-0.39, 0.29) is 17.6 Å². The Morgan fingerprint density at radius 1 is 1.38 bits per heavy atom. The van der Waals surface area contributed by atoms with E-state index in [1.807, 2.05) is 27.7 Å². The average Bonchev–Trinajstić information content (AvgIpc) is 2.44. The van der Waals surface area contributed by atoms with Gasteiger partial charge in [0.25, 0.3) is 11.6 Å². The van der Waals surface area contributed by atoms with Gasteiger partial charge in [0.2, 0.25) is 0 Å². The number of carbonyl (C=O) groups is 1. The fourth-order valence-electron chi connectivity index (χ4n) is 2.13. The van der Waals surface area contributed by atoms with Gasteiger partial charge in [-0.3, -0.25) is 14.9 Å². The Balaban J connectivity index is 3.23. The molecule has 0 aliphatic rings. The lowest BCUT2D eigenvalue weighted by molar-refractivity contribution is -0.384. The summed E-state index contributed by atoms with van der Waals surface area (Å²) in [6.07, 6.45) is 0.909. The summed E-state index contributed by atoms with van der Waals surface area (Å²) in [6, 6.07) is 4.42. The first-order chi connectivity index (χ1) is 9.92. The summed E-state index contributed by atoms with van der Waals surface area (Å²) in [7, 11) is 0. The normalized spacial score (nSPS) is 10.5. The lowest BCUT2D eigenvalue weighted by atomic mass is 10.1. The van der Waals surface area contributed by atoms with Crippen molar-refractivity contribution >= 4 is 17.3 Å². The van der Waals surface area contributed by atoms with Gasteiger partial charge in [-0.15, -0.1) is 0 Å². The van der Waals surface area contributed by atoms with Crippen LogP contribution in [0.4, 0.5) is 11.4 Å². The first-order valence-electron chi connectivity index (χ1n) is 7.25. The van der Waals surface area contributed by atoms with E-state index in [4.69, 9.17) is 0 Å². The van der Waals surface area contributed by atoms with Crippen molar-refractivity contribution in [3.8, 4) is 0 Å². The third kappa shape index (κ3) is 4.18. The Hall–Kier alpha value is -2.11. The Morgan fingerprint density at radius 2 is 2.05 bits per heavy atom. The summed E-state index contributed by atoms with van der Waals surface area (Å²) in [6.45, 7) is 9.05. The second-order valence-electron chi connectivity index (χ2n) is 5.10. The SMILES string of the molecule is CCCNc1ccc([N+](=O)[O-])cc1C(=O)N(CC)C(C)C. The van der Waals surface area contributed by atoms with Gasteiger partial charge in [-0.05, 0) is 33.3 Å². The molecule has 0 heterocycles. The molecule has 116 valence electrons. The summed E-state index contributed by atoms with van der Waals surface area (Å²) in [4.78, 5) is 24.8. The molecule has 21 heavy (non-hydrogen) atoms. The molecule has 1 aromatic rings. The van der Waals surface area contributed by atoms with Gasteiger partial charge in [-0.25, -0.2) is 0 Å². The van der Waals surface area contributed by atoms with Crippen LogP contribution in [-0.2, 0) is 0 Å². The van der Waals surface area contributed by atoms with E-state index in [0.717, 1.165) is 6.42 Å². The van der Waals surface area contributed by atoms with E-state index in [0.29, 0.717) is 24.3 Å². The van der Waals surface area contributed by atoms with E-state index in [1.165, 1.54) is 12.1 Å². The lowest BCUT2D eigenvalue weighted by Crippen LogP contribution is -2.37. The van der Waals surface area contributed by atoms with Crippen molar-refractivity contribution in [3.05, 3.63) is 33.9 Å². The fraction of sp³-hybridized carbons (Fsp3) is 0.533. The zero-order valence-corrected chi connectivity index (χ0v) is 13.0. The van der Waals surface area contributed by atoms with Gasteiger partial charge in [0.15, 0.2) is 0 Å². The zero-order chi connectivity index (χ0) is 16.0. The molecule has 0 atom stereocenters. The van der Waals surface area contributed by atoms with E-state index >= 15 is 0 Å². The minimum atomic E-state index is -0.480. The van der Waals surface area contributed by atoms with Crippen LogP contribution in [0.15, 0.2) is 18.2 Å². The second-order valence-corrected chi connectivity index (χ2v) is 5.10. The summed E-state index contributed by atoms with van der Waals surface area (Å²) in [5.41, 5.74) is 0.931. The molecule has 0 radical (unpaired) electrons. The molecular formula is C15H23N3O3. The number of nitrogens with zero attached hydrogens (tertiary/aromatic N) is 2. The third-order valence-corrected chi connectivity index (χ3v) is 3.23. The maximum absolute atomic E-state index is 12.6. The number of carbonyl (C=O) groups excluding carboxylic acids is 1. The molecule has 0 aromatic heterocycles. The van der Waals surface area contributed by atoms with Crippen LogP contribution in [0.25, 0.3) is 0 Å².